The highest BCUT2D eigenvalue weighted by molar-refractivity contribution is 5.77. The third-order valence-corrected chi connectivity index (χ3v) is 3.19. The van der Waals surface area contributed by atoms with Crippen molar-refractivity contribution in [3.8, 4) is 0 Å². The molecule has 5 heteroatoms. The lowest BCUT2D eigenvalue weighted by molar-refractivity contribution is -0.140. The Hall–Kier alpha value is -1.10. The van der Waals surface area contributed by atoms with Crippen LogP contribution in [0.2, 0.25) is 0 Å². The highest BCUT2D eigenvalue weighted by atomic mass is 16.5. The summed E-state index contributed by atoms with van der Waals surface area (Å²) in [4.78, 5) is 24.3. The summed E-state index contributed by atoms with van der Waals surface area (Å²) in [5, 5.41) is 8.68. The van der Waals surface area contributed by atoms with E-state index in [1.54, 1.807) is 4.90 Å². The highest BCUT2D eigenvalue weighted by Crippen LogP contribution is 2.17. The lowest BCUT2D eigenvalue weighted by Gasteiger charge is -2.29. The average molecular weight is 257 g/mol. The number of hydrogen-bond donors (Lipinski definition) is 1. The Kier molecular flexibility index (Phi) is 6.12. The van der Waals surface area contributed by atoms with Gasteiger partial charge in [-0.25, -0.2) is 0 Å². The number of hydrogen-bond acceptors (Lipinski definition) is 3. The molecule has 104 valence electrons. The first-order valence-corrected chi connectivity index (χ1v) is 6.63. The molecule has 1 saturated heterocycles. The molecule has 0 spiro atoms. The van der Waals surface area contributed by atoms with Crippen molar-refractivity contribution in [2.75, 3.05) is 13.2 Å². The zero-order valence-corrected chi connectivity index (χ0v) is 11.2. The third-order valence-electron chi connectivity index (χ3n) is 3.19. The summed E-state index contributed by atoms with van der Waals surface area (Å²) in [6, 6.07) is 0.0282. The molecule has 18 heavy (non-hydrogen) atoms. The van der Waals surface area contributed by atoms with Crippen molar-refractivity contribution >= 4 is 11.9 Å². The molecule has 1 N–H and O–H groups in total. The molecular formula is C13H23NO4. The molecule has 0 aromatic rings. The summed E-state index contributed by atoms with van der Waals surface area (Å²) in [7, 11) is 0. The maximum Gasteiger partial charge on any atom is 0.305 e. The average Bonchev–Trinajstić information content (AvgIpc) is 2.29. The summed E-state index contributed by atoms with van der Waals surface area (Å²) in [6.07, 6.45) is 3.48. The number of carboxylic acids is 1. The number of ether oxygens (including phenoxy) is 1. The molecule has 0 bridgehead atoms. The molecule has 0 aromatic carbocycles. The van der Waals surface area contributed by atoms with Gasteiger partial charge in [-0.1, -0.05) is 0 Å². The molecule has 1 aliphatic heterocycles. The third kappa shape index (κ3) is 5.04. The summed E-state index contributed by atoms with van der Waals surface area (Å²) < 4.78 is 5.54. The first-order chi connectivity index (χ1) is 8.50. The van der Waals surface area contributed by atoms with Crippen molar-refractivity contribution in [2.24, 2.45) is 0 Å². The van der Waals surface area contributed by atoms with Crippen LogP contribution in [0.3, 0.4) is 0 Å². The quantitative estimate of drug-likeness (QED) is 0.785. The Balaban J connectivity index is 2.45. The second kappa shape index (κ2) is 7.36. The topological polar surface area (TPSA) is 66.8 Å². The second-order valence-corrected chi connectivity index (χ2v) is 5.02. The molecule has 1 rings (SSSR count). The maximum absolute atomic E-state index is 12.1. The maximum atomic E-state index is 12.1. The molecule has 1 amide bonds. The van der Waals surface area contributed by atoms with Gasteiger partial charge in [-0.05, 0) is 33.1 Å². The fourth-order valence-electron chi connectivity index (χ4n) is 2.17. The van der Waals surface area contributed by atoms with Crippen molar-refractivity contribution in [1.29, 1.82) is 0 Å². The molecule has 5 nitrogen and oxygen atoms in total. The summed E-state index contributed by atoms with van der Waals surface area (Å²) in [6.45, 7) is 4.82. The Bertz CT molecular complexity index is 285. The van der Waals surface area contributed by atoms with E-state index in [0.717, 1.165) is 25.9 Å². The van der Waals surface area contributed by atoms with E-state index in [1.807, 2.05) is 13.8 Å². The van der Waals surface area contributed by atoms with Crippen molar-refractivity contribution in [3.63, 3.8) is 0 Å². The van der Waals surface area contributed by atoms with E-state index in [-0.39, 0.29) is 31.0 Å². The molecule has 1 atom stereocenters. The summed E-state index contributed by atoms with van der Waals surface area (Å²) in [5.74, 6) is -0.875. The van der Waals surface area contributed by atoms with Crippen LogP contribution in [-0.2, 0) is 14.3 Å². The van der Waals surface area contributed by atoms with Gasteiger partial charge < -0.3 is 14.7 Å². The van der Waals surface area contributed by atoms with E-state index in [4.69, 9.17) is 9.84 Å². The fourth-order valence-corrected chi connectivity index (χ4v) is 2.17. The molecule has 0 radical (unpaired) electrons. The second-order valence-electron chi connectivity index (χ2n) is 5.02. The predicted octanol–water partition coefficient (Wildman–Crippen LogP) is 1.66. The van der Waals surface area contributed by atoms with Crippen LogP contribution in [0.15, 0.2) is 0 Å². The highest BCUT2D eigenvalue weighted by Gasteiger charge is 2.23. The van der Waals surface area contributed by atoms with E-state index in [2.05, 4.69) is 0 Å². The number of carboxylic acid groups (broad SMARTS) is 1. The van der Waals surface area contributed by atoms with E-state index < -0.39 is 5.97 Å². The SMILES string of the molecule is CC(C)N(CCC(=O)O)C(=O)CC1CCCCO1. The van der Waals surface area contributed by atoms with Crippen LogP contribution in [0.25, 0.3) is 0 Å². The minimum absolute atomic E-state index is 0.00171. The predicted molar refractivity (Wildman–Crippen MR) is 67.3 cm³/mol. The van der Waals surface area contributed by atoms with E-state index in [0.29, 0.717) is 6.42 Å². The molecule has 1 unspecified atom stereocenters. The first kappa shape index (κ1) is 15.0. The van der Waals surface area contributed by atoms with Gasteiger partial charge in [0.05, 0.1) is 18.9 Å². The Morgan fingerprint density at radius 1 is 1.39 bits per heavy atom. The van der Waals surface area contributed by atoms with Crippen molar-refractivity contribution in [1.82, 2.24) is 4.90 Å². The summed E-state index contributed by atoms with van der Waals surface area (Å²) >= 11 is 0. The number of carbonyl (C=O) groups is 2. The fraction of sp³-hybridized carbons (Fsp3) is 0.846. The van der Waals surface area contributed by atoms with Crippen molar-refractivity contribution < 1.29 is 19.4 Å². The minimum atomic E-state index is -0.873. The molecular weight excluding hydrogens is 234 g/mol. The van der Waals surface area contributed by atoms with Crippen LogP contribution in [0.5, 0.6) is 0 Å². The van der Waals surface area contributed by atoms with Crippen LogP contribution in [-0.4, -0.2) is 47.2 Å². The minimum Gasteiger partial charge on any atom is -0.481 e. The Labute approximate surface area is 108 Å². The zero-order chi connectivity index (χ0) is 13.5. The van der Waals surface area contributed by atoms with Crippen LogP contribution in [0.1, 0.15) is 46.0 Å². The van der Waals surface area contributed by atoms with Crippen LogP contribution in [0.4, 0.5) is 0 Å². The lowest BCUT2D eigenvalue weighted by Crippen LogP contribution is -2.40. The normalized spacial score (nSPS) is 19.8. The number of nitrogens with zero attached hydrogens (tertiary/aromatic N) is 1. The van der Waals surface area contributed by atoms with Gasteiger partial charge in [-0.3, -0.25) is 9.59 Å². The number of carbonyl (C=O) groups excluding carboxylic acids is 1. The van der Waals surface area contributed by atoms with Gasteiger partial charge in [0.15, 0.2) is 0 Å². The molecule has 0 aliphatic carbocycles. The largest absolute Gasteiger partial charge is 0.481 e. The molecule has 1 heterocycles. The smallest absolute Gasteiger partial charge is 0.305 e. The van der Waals surface area contributed by atoms with Crippen molar-refractivity contribution in [2.45, 2.75) is 58.1 Å². The molecule has 0 saturated carbocycles. The first-order valence-electron chi connectivity index (χ1n) is 6.63. The number of aliphatic carboxylic acids is 1. The molecule has 0 aromatic heterocycles. The molecule has 1 aliphatic rings. The van der Waals surface area contributed by atoms with E-state index >= 15 is 0 Å². The van der Waals surface area contributed by atoms with Crippen LogP contribution < -0.4 is 0 Å². The van der Waals surface area contributed by atoms with Crippen LogP contribution >= 0.6 is 0 Å². The van der Waals surface area contributed by atoms with Gasteiger partial charge in [0.25, 0.3) is 0 Å². The van der Waals surface area contributed by atoms with Gasteiger partial charge in [-0.15, -0.1) is 0 Å². The van der Waals surface area contributed by atoms with Crippen molar-refractivity contribution in [3.05, 3.63) is 0 Å². The van der Waals surface area contributed by atoms with E-state index in [1.165, 1.54) is 0 Å². The van der Waals surface area contributed by atoms with Crippen LogP contribution in [0, 0.1) is 0 Å². The molecule has 1 fully saturated rings. The summed E-state index contributed by atoms with van der Waals surface area (Å²) in [5.41, 5.74) is 0. The van der Waals surface area contributed by atoms with E-state index in [9.17, 15) is 9.59 Å². The number of amides is 1. The Morgan fingerprint density at radius 2 is 2.11 bits per heavy atom. The zero-order valence-electron chi connectivity index (χ0n) is 11.2. The van der Waals surface area contributed by atoms with Gasteiger partial charge in [0.1, 0.15) is 0 Å². The standard InChI is InChI=1S/C13H23NO4/c1-10(2)14(7-6-13(16)17)12(15)9-11-5-3-4-8-18-11/h10-11H,3-9H2,1-2H3,(H,16,17). The van der Waals surface area contributed by atoms with Gasteiger partial charge in [0, 0.05) is 19.2 Å². The van der Waals surface area contributed by atoms with Gasteiger partial charge in [0.2, 0.25) is 5.91 Å². The lowest BCUT2D eigenvalue weighted by atomic mass is 10.1. The van der Waals surface area contributed by atoms with Gasteiger partial charge in [-0.2, -0.15) is 0 Å². The Morgan fingerprint density at radius 3 is 2.61 bits per heavy atom. The van der Waals surface area contributed by atoms with Gasteiger partial charge >= 0.3 is 5.97 Å². The number of rotatable bonds is 6. The monoisotopic (exact) mass is 257 g/mol.